The Morgan fingerprint density at radius 1 is 1.28 bits per heavy atom. The first-order valence-electron chi connectivity index (χ1n) is 8.89. The maximum Gasteiger partial charge on any atom is 0.282 e. The summed E-state index contributed by atoms with van der Waals surface area (Å²) in [5, 5.41) is 0.164. The van der Waals surface area contributed by atoms with Crippen LogP contribution >= 0.6 is 11.6 Å². The van der Waals surface area contributed by atoms with Crippen LogP contribution < -0.4 is 5.56 Å². The molecule has 0 unspecified atom stereocenters. The van der Waals surface area contributed by atoms with Crippen LogP contribution in [0.4, 0.5) is 13.2 Å². The second-order valence-electron chi connectivity index (χ2n) is 6.94. The molecule has 0 saturated carbocycles. The van der Waals surface area contributed by atoms with E-state index in [4.69, 9.17) is 11.6 Å². The predicted molar refractivity (Wildman–Crippen MR) is 102 cm³/mol. The van der Waals surface area contributed by atoms with Crippen molar-refractivity contribution in [3.05, 3.63) is 51.9 Å². The number of rotatable bonds is 4. The largest absolute Gasteiger partial charge is 0.332 e. The molecule has 4 rings (SSSR count). The number of aryl methyl sites for hydroxylation is 1. The summed E-state index contributed by atoms with van der Waals surface area (Å²) >= 11 is 5.88. The Hall–Kier alpha value is -2.81. The van der Waals surface area contributed by atoms with Crippen molar-refractivity contribution in [3.63, 3.8) is 0 Å². The summed E-state index contributed by atoms with van der Waals surface area (Å²) in [5.74, 6) is -4.04. The van der Waals surface area contributed by atoms with Crippen molar-refractivity contribution in [3.8, 4) is 11.1 Å². The van der Waals surface area contributed by atoms with Crippen LogP contribution in [0.2, 0.25) is 5.02 Å². The summed E-state index contributed by atoms with van der Waals surface area (Å²) in [4.78, 5) is 30.6. The average Bonchev–Trinajstić information content (AvgIpc) is 3.03. The number of amides is 1. The van der Waals surface area contributed by atoms with Crippen LogP contribution in [0.25, 0.3) is 22.2 Å². The van der Waals surface area contributed by atoms with Gasteiger partial charge < -0.3 is 9.47 Å². The van der Waals surface area contributed by atoms with Crippen molar-refractivity contribution in [1.29, 1.82) is 0 Å². The van der Waals surface area contributed by atoms with Crippen LogP contribution in [0, 0.1) is 5.82 Å². The van der Waals surface area contributed by atoms with Gasteiger partial charge in [-0.3, -0.25) is 14.2 Å². The van der Waals surface area contributed by atoms with E-state index in [1.54, 1.807) is 10.8 Å². The van der Waals surface area contributed by atoms with E-state index in [0.717, 1.165) is 9.47 Å². The van der Waals surface area contributed by atoms with Gasteiger partial charge in [0.2, 0.25) is 5.91 Å². The molecule has 2 aromatic heterocycles. The van der Waals surface area contributed by atoms with Crippen molar-refractivity contribution in [2.24, 2.45) is 0 Å². The van der Waals surface area contributed by atoms with Gasteiger partial charge in [0.25, 0.3) is 11.5 Å². The van der Waals surface area contributed by atoms with Gasteiger partial charge in [-0.2, -0.15) is 0 Å². The summed E-state index contributed by atoms with van der Waals surface area (Å²) in [6.07, 6.45) is 2.94. The van der Waals surface area contributed by atoms with Crippen LogP contribution in [-0.4, -0.2) is 43.9 Å². The smallest absolute Gasteiger partial charge is 0.282 e. The lowest BCUT2D eigenvalue weighted by Crippen LogP contribution is -2.59. The van der Waals surface area contributed by atoms with Crippen molar-refractivity contribution in [2.75, 3.05) is 13.1 Å². The third kappa shape index (κ3) is 3.39. The van der Waals surface area contributed by atoms with Gasteiger partial charge in [0.15, 0.2) is 0 Å². The first-order valence-corrected chi connectivity index (χ1v) is 9.27. The fraction of sp³-hybridized carbons (Fsp3) is 0.316. The minimum atomic E-state index is -2.88. The molecule has 1 saturated heterocycles. The summed E-state index contributed by atoms with van der Waals surface area (Å²) < 4.78 is 42.4. The Morgan fingerprint density at radius 2 is 2.00 bits per heavy atom. The molecule has 1 fully saturated rings. The second kappa shape index (κ2) is 6.91. The fourth-order valence-corrected chi connectivity index (χ4v) is 3.57. The maximum atomic E-state index is 13.5. The molecule has 0 N–H and O–H groups in total. The van der Waals surface area contributed by atoms with E-state index in [2.05, 4.69) is 4.98 Å². The van der Waals surface area contributed by atoms with Gasteiger partial charge in [-0.25, -0.2) is 18.2 Å². The number of benzene rings is 1. The highest BCUT2D eigenvalue weighted by molar-refractivity contribution is 6.31. The second-order valence-corrected chi connectivity index (χ2v) is 7.35. The lowest BCUT2D eigenvalue weighted by Gasteiger charge is -2.38. The lowest BCUT2D eigenvalue weighted by atomic mass is 10.1. The van der Waals surface area contributed by atoms with Crippen LogP contribution in [0.15, 0.2) is 35.5 Å². The standard InChI is InChI=1S/C19H16ClF3N4O2/c1-2-25-6-12(11-3-4-14(21)13(20)5-11)16-17(25)24-10-26(18(16)29)7-15(28)27-8-19(22,23)9-27/h3-6,10H,2,7-9H2,1H3. The van der Waals surface area contributed by atoms with Gasteiger partial charge in [0, 0.05) is 18.3 Å². The van der Waals surface area contributed by atoms with Gasteiger partial charge in [-0.15, -0.1) is 0 Å². The molecule has 1 aromatic carbocycles. The first kappa shape index (κ1) is 19.5. The quantitative estimate of drug-likeness (QED) is 0.646. The Balaban J connectivity index is 1.77. The number of nitrogens with zero attached hydrogens (tertiary/aromatic N) is 4. The number of halogens is 4. The van der Waals surface area contributed by atoms with E-state index in [-0.39, 0.29) is 10.4 Å². The Bertz CT molecular complexity index is 1180. The normalized spacial score (nSPS) is 15.6. The van der Waals surface area contributed by atoms with Crippen LogP contribution in [0.1, 0.15) is 6.92 Å². The van der Waals surface area contributed by atoms with Gasteiger partial charge in [0.05, 0.1) is 23.5 Å². The zero-order valence-corrected chi connectivity index (χ0v) is 16.1. The number of carbonyl (C=O) groups excluding carboxylic acids is 1. The SMILES string of the molecule is CCn1cc(-c2ccc(F)c(Cl)c2)c2c(=O)n(CC(=O)N3CC(F)(F)C3)cnc21. The van der Waals surface area contributed by atoms with Gasteiger partial charge in [-0.1, -0.05) is 17.7 Å². The van der Waals surface area contributed by atoms with E-state index in [9.17, 15) is 22.8 Å². The molecule has 29 heavy (non-hydrogen) atoms. The van der Waals surface area contributed by atoms with Crippen LogP contribution in [0.5, 0.6) is 0 Å². The number of aromatic nitrogens is 3. The minimum absolute atomic E-state index is 0.0852. The van der Waals surface area contributed by atoms with Gasteiger partial charge in [-0.05, 0) is 24.6 Å². The number of carbonyl (C=O) groups is 1. The fourth-order valence-electron chi connectivity index (χ4n) is 3.39. The average molecular weight is 425 g/mol. The highest BCUT2D eigenvalue weighted by Gasteiger charge is 2.46. The Labute approximate surface area is 168 Å². The third-order valence-corrected chi connectivity index (χ3v) is 5.21. The monoisotopic (exact) mass is 424 g/mol. The number of fused-ring (bicyclic) bond motifs is 1. The van der Waals surface area contributed by atoms with E-state index in [0.29, 0.717) is 23.3 Å². The molecule has 0 radical (unpaired) electrons. The van der Waals surface area contributed by atoms with Crippen molar-refractivity contribution >= 4 is 28.5 Å². The number of alkyl halides is 2. The van der Waals surface area contributed by atoms with Crippen molar-refractivity contribution < 1.29 is 18.0 Å². The molecular formula is C19H16ClF3N4O2. The predicted octanol–water partition coefficient (Wildman–Crippen LogP) is 3.15. The maximum absolute atomic E-state index is 13.5. The molecule has 0 atom stereocenters. The van der Waals surface area contributed by atoms with Crippen molar-refractivity contribution in [1.82, 2.24) is 19.0 Å². The zero-order valence-electron chi connectivity index (χ0n) is 15.3. The molecule has 3 heterocycles. The Kier molecular flexibility index (Phi) is 4.65. The van der Waals surface area contributed by atoms with Gasteiger partial charge >= 0.3 is 0 Å². The van der Waals surface area contributed by atoms with E-state index < -0.39 is 42.8 Å². The van der Waals surface area contributed by atoms with Crippen LogP contribution in [0.3, 0.4) is 0 Å². The van der Waals surface area contributed by atoms with Crippen molar-refractivity contribution in [2.45, 2.75) is 25.9 Å². The zero-order chi connectivity index (χ0) is 20.9. The third-order valence-electron chi connectivity index (χ3n) is 4.92. The lowest BCUT2D eigenvalue weighted by molar-refractivity contribution is -0.166. The van der Waals surface area contributed by atoms with Gasteiger partial charge in [0.1, 0.15) is 24.3 Å². The summed E-state index contributed by atoms with van der Waals surface area (Å²) in [5.41, 5.74) is 0.947. The molecule has 152 valence electrons. The number of hydrogen-bond donors (Lipinski definition) is 0. The highest BCUT2D eigenvalue weighted by atomic mass is 35.5. The molecule has 3 aromatic rings. The number of likely N-dealkylation sites (tertiary alicyclic amines) is 1. The highest BCUT2D eigenvalue weighted by Crippen LogP contribution is 2.30. The molecule has 0 aliphatic carbocycles. The minimum Gasteiger partial charge on any atom is -0.332 e. The Morgan fingerprint density at radius 3 is 2.62 bits per heavy atom. The molecule has 0 bridgehead atoms. The molecule has 10 heteroatoms. The first-order chi connectivity index (χ1) is 13.7. The molecule has 1 aliphatic rings. The molecule has 1 aliphatic heterocycles. The molecule has 0 spiro atoms. The van der Waals surface area contributed by atoms with E-state index in [1.165, 1.54) is 24.5 Å². The summed E-state index contributed by atoms with van der Waals surface area (Å²) in [7, 11) is 0. The molecule has 1 amide bonds. The summed E-state index contributed by atoms with van der Waals surface area (Å²) in [6, 6.07) is 4.12. The topological polar surface area (TPSA) is 60.1 Å². The summed E-state index contributed by atoms with van der Waals surface area (Å²) in [6.45, 7) is 0.716. The number of hydrogen-bond acceptors (Lipinski definition) is 3. The van der Waals surface area contributed by atoms with E-state index >= 15 is 0 Å². The molecule has 6 nitrogen and oxygen atoms in total. The molecular weight excluding hydrogens is 409 g/mol. The van der Waals surface area contributed by atoms with E-state index in [1.807, 2.05) is 6.92 Å². The van der Waals surface area contributed by atoms with Crippen LogP contribution in [-0.2, 0) is 17.9 Å².